The maximum atomic E-state index is 10.2. The van der Waals surface area contributed by atoms with Gasteiger partial charge in [-0.15, -0.1) is 0 Å². The number of carboxylic acid groups (broad SMARTS) is 1. The molecule has 0 aromatic rings. The second-order valence-corrected chi connectivity index (χ2v) is 3.63. The summed E-state index contributed by atoms with van der Waals surface area (Å²) in [6.45, 7) is 7.32. The Labute approximate surface area is 80.5 Å². The fourth-order valence-electron chi connectivity index (χ4n) is 1.12. The van der Waals surface area contributed by atoms with Gasteiger partial charge in [0.05, 0.1) is 0 Å². The first-order valence-electron chi connectivity index (χ1n) is 5.03. The van der Waals surface area contributed by atoms with Crippen LogP contribution >= 0.6 is 0 Å². The van der Waals surface area contributed by atoms with Crippen LogP contribution in [0.4, 0.5) is 0 Å². The summed E-state index contributed by atoms with van der Waals surface area (Å²) in [5, 5.41) is 11.7. The van der Waals surface area contributed by atoms with Crippen molar-refractivity contribution in [2.75, 3.05) is 6.54 Å². The standard InChI is InChI=1S/C10H21NO2/c1-4-8(2)9(3)11-7-5-6-10(12)13/h8-9,11H,4-7H2,1-3H3,(H,12,13). The molecule has 3 heteroatoms. The summed E-state index contributed by atoms with van der Waals surface area (Å²) in [7, 11) is 0. The van der Waals surface area contributed by atoms with Crippen LogP contribution < -0.4 is 5.32 Å². The zero-order chi connectivity index (χ0) is 10.3. The summed E-state index contributed by atoms with van der Waals surface area (Å²) in [5.74, 6) is -0.0529. The van der Waals surface area contributed by atoms with E-state index >= 15 is 0 Å². The molecular weight excluding hydrogens is 166 g/mol. The van der Waals surface area contributed by atoms with Crippen molar-refractivity contribution in [1.82, 2.24) is 5.32 Å². The highest BCUT2D eigenvalue weighted by atomic mass is 16.4. The molecule has 0 aliphatic rings. The lowest BCUT2D eigenvalue weighted by Gasteiger charge is -2.19. The number of rotatable bonds is 7. The fraction of sp³-hybridized carbons (Fsp3) is 0.900. The van der Waals surface area contributed by atoms with Gasteiger partial charge in [-0.25, -0.2) is 0 Å². The molecule has 0 heterocycles. The van der Waals surface area contributed by atoms with Crippen molar-refractivity contribution >= 4 is 5.97 Å². The highest BCUT2D eigenvalue weighted by Gasteiger charge is 2.08. The second-order valence-electron chi connectivity index (χ2n) is 3.63. The van der Waals surface area contributed by atoms with Crippen LogP contribution in [0.15, 0.2) is 0 Å². The number of carboxylic acids is 1. The summed E-state index contributed by atoms with van der Waals surface area (Å²) in [6.07, 6.45) is 2.14. The average Bonchev–Trinajstić information content (AvgIpc) is 2.10. The van der Waals surface area contributed by atoms with E-state index in [0.29, 0.717) is 12.0 Å². The molecule has 0 rings (SSSR count). The molecule has 0 amide bonds. The molecule has 0 fully saturated rings. The predicted octanol–water partition coefficient (Wildman–Crippen LogP) is 1.88. The lowest BCUT2D eigenvalue weighted by atomic mass is 10.0. The van der Waals surface area contributed by atoms with Gasteiger partial charge in [-0.2, -0.15) is 0 Å². The zero-order valence-corrected chi connectivity index (χ0v) is 8.84. The average molecular weight is 187 g/mol. The molecule has 0 radical (unpaired) electrons. The Kier molecular flexibility index (Phi) is 6.59. The van der Waals surface area contributed by atoms with E-state index in [1.54, 1.807) is 0 Å². The molecular formula is C10H21NO2. The van der Waals surface area contributed by atoms with Crippen molar-refractivity contribution in [3.63, 3.8) is 0 Å². The lowest BCUT2D eigenvalue weighted by Crippen LogP contribution is -2.32. The van der Waals surface area contributed by atoms with Crippen LogP contribution in [0, 0.1) is 5.92 Å². The Bertz CT molecular complexity index is 148. The van der Waals surface area contributed by atoms with Gasteiger partial charge in [0, 0.05) is 12.5 Å². The summed E-state index contributed by atoms with van der Waals surface area (Å²) < 4.78 is 0. The van der Waals surface area contributed by atoms with Crippen molar-refractivity contribution in [3.05, 3.63) is 0 Å². The van der Waals surface area contributed by atoms with Crippen LogP contribution in [0.1, 0.15) is 40.0 Å². The number of nitrogens with one attached hydrogen (secondary N) is 1. The van der Waals surface area contributed by atoms with Crippen LogP contribution in [0.5, 0.6) is 0 Å². The Morgan fingerprint density at radius 2 is 2.08 bits per heavy atom. The number of aliphatic carboxylic acids is 1. The van der Waals surface area contributed by atoms with Gasteiger partial charge in [-0.05, 0) is 25.8 Å². The fourth-order valence-corrected chi connectivity index (χ4v) is 1.12. The SMILES string of the molecule is CCC(C)C(C)NCCCC(=O)O. The normalized spacial score (nSPS) is 15.3. The van der Waals surface area contributed by atoms with E-state index in [2.05, 4.69) is 26.1 Å². The molecule has 0 saturated heterocycles. The highest BCUT2D eigenvalue weighted by Crippen LogP contribution is 2.06. The van der Waals surface area contributed by atoms with Gasteiger partial charge in [-0.3, -0.25) is 4.79 Å². The Morgan fingerprint density at radius 3 is 2.54 bits per heavy atom. The van der Waals surface area contributed by atoms with Gasteiger partial charge in [-0.1, -0.05) is 20.3 Å². The van der Waals surface area contributed by atoms with E-state index in [0.717, 1.165) is 19.4 Å². The van der Waals surface area contributed by atoms with E-state index in [-0.39, 0.29) is 6.42 Å². The van der Waals surface area contributed by atoms with E-state index < -0.39 is 5.97 Å². The molecule has 0 bridgehead atoms. The first kappa shape index (κ1) is 12.4. The molecule has 2 atom stereocenters. The number of hydrogen-bond donors (Lipinski definition) is 2. The molecule has 0 aromatic carbocycles. The van der Waals surface area contributed by atoms with Crippen LogP contribution in [-0.2, 0) is 4.79 Å². The first-order chi connectivity index (χ1) is 6.07. The van der Waals surface area contributed by atoms with Crippen molar-refractivity contribution in [2.45, 2.75) is 46.1 Å². The van der Waals surface area contributed by atoms with Gasteiger partial charge in [0.15, 0.2) is 0 Å². The third kappa shape index (κ3) is 6.58. The first-order valence-corrected chi connectivity index (χ1v) is 5.03. The maximum absolute atomic E-state index is 10.2. The topological polar surface area (TPSA) is 49.3 Å². The molecule has 0 saturated carbocycles. The van der Waals surface area contributed by atoms with E-state index in [9.17, 15) is 4.79 Å². The minimum atomic E-state index is -0.710. The second kappa shape index (κ2) is 6.89. The predicted molar refractivity (Wildman–Crippen MR) is 53.8 cm³/mol. The molecule has 0 aromatic heterocycles. The van der Waals surface area contributed by atoms with Crippen LogP contribution in [-0.4, -0.2) is 23.7 Å². The van der Waals surface area contributed by atoms with Crippen LogP contribution in [0.25, 0.3) is 0 Å². The Morgan fingerprint density at radius 1 is 1.46 bits per heavy atom. The summed E-state index contributed by atoms with van der Waals surface area (Å²) in [4.78, 5) is 10.2. The van der Waals surface area contributed by atoms with Crippen molar-refractivity contribution < 1.29 is 9.90 Å². The summed E-state index contributed by atoms with van der Waals surface area (Å²) in [6, 6.07) is 0.485. The molecule has 3 nitrogen and oxygen atoms in total. The zero-order valence-electron chi connectivity index (χ0n) is 8.84. The molecule has 13 heavy (non-hydrogen) atoms. The molecule has 2 N–H and O–H groups in total. The van der Waals surface area contributed by atoms with Crippen LogP contribution in [0.2, 0.25) is 0 Å². The molecule has 2 unspecified atom stereocenters. The lowest BCUT2D eigenvalue weighted by molar-refractivity contribution is -0.137. The van der Waals surface area contributed by atoms with Crippen molar-refractivity contribution in [2.24, 2.45) is 5.92 Å². The molecule has 0 spiro atoms. The highest BCUT2D eigenvalue weighted by molar-refractivity contribution is 5.66. The minimum absolute atomic E-state index is 0.264. The van der Waals surface area contributed by atoms with Gasteiger partial charge >= 0.3 is 5.97 Å². The number of carbonyl (C=O) groups is 1. The third-order valence-electron chi connectivity index (χ3n) is 2.53. The molecule has 78 valence electrons. The van der Waals surface area contributed by atoms with Gasteiger partial charge in [0.1, 0.15) is 0 Å². The smallest absolute Gasteiger partial charge is 0.303 e. The summed E-state index contributed by atoms with van der Waals surface area (Å²) >= 11 is 0. The third-order valence-corrected chi connectivity index (χ3v) is 2.53. The number of hydrogen-bond acceptors (Lipinski definition) is 2. The quantitative estimate of drug-likeness (QED) is 0.598. The van der Waals surface area contributed by atoms with E-state index in [4.69, 9.17) is 5.11 Å². The van der Waals surface area contributed by atoms with Gasteiger partial charge in [0.25, 0.3) is 0 Å². The Balaban J connectivity index is 3.36. The van der Waals surface area contributed by atoms with E-state index in [1.165, 1.54) is 0 Å². The van der Waals surface area contributed by atoms with Crippen molar-refractivity contribution in [1.29, 1.82) is 0 Å². The largest absolute Gasteiger partial charge is 0.481 e. The molecule has 0 aliphatic carbocycles. The van der Waals surface area contributed by atoms with E-state index in [1.807, 2.05) is 0 Å². The van der Waals surface area contributed by atoms with Gasteiger partial charge in [0.2, 0.25) is 0 Å². The Hall–Kier alpha value is -0.570. The maximum Gasteiger partial charge on any atom is 0.303 e. The minimum Gasteiger partial charge on any atom is -0.481 e. The monoisotopic (exact) mass is 187 g/mol. The summed E-state index contributed by atoms with van der Waals surface area (Å²) in [5.41, 5.74) is 0. The van der Waals surface area contributed by atoms with Crippen molar-refractivity contribution in [3.8, 4) is 0 Å². The van der Waals surface area contributed by atoms with Gasteiger partial charge < -0.3 is 10.4 Å². The van der Waals surface area contributed by atoms with Crippen LogP contribution in [0.3, 0.4) is 0 Å². The molecule has 0 aliphatic heterocycles.